The molecule has 0 spiro atoms. The van der Waals surface area contributed by atoms with Crippen molar-refractivity contribution in [3.05, 3.63) is 88.3 Å². The van der Waals surface area contributed by atoms with E-state index in [0.717, 1.165) is 10.4 Å². The number of allylic oxidation sites excluding steroid dienone is 3. The number of nitriles is 3. The van der Waals surface area contributed by atoms with Crippen LogP contribution in [0.3, 0.4) is 0 Å². The molecule has 1 aliphatic carbocycles. The summed E-state index contributed by atoms with van der Waals surface area (Å²) in [5.74, 6) is -0.0556. The third kappa shape index (κ3) is 3.00. The van der Waals surface area contributed by atoms with Crippen LogP contribution in [0.4, 0.5) is 0 Å². The standard InChI is InChI=1S/C25H10N4O2S/c26-11-14-5-7-15(8-6-14)21-10-20-25(32-21)29-22(31-20)9-19-23(16(12-27)13-28)17-3-1-2-4-18(17)24(19)30/h1-10H/b19-9-. The number of benzene rings is 2. The van der Waals surface area contributed by atoms with Crippen LogP contribution in [0.25, 0.3) is 32.5 Å². The summed E-state index contributed by atoms with van der Waals surface area (Å²) in [6.45, 7) is 0. The van der Waals surface area contributed by atoms with E-state index >= 15 is 0 Å². The molecule has 0 radical (unpaired) electrons. The molecule has 0 aliphatic heterocycles. The number of Topliss-reactive ketones (excluding diaryl/α,β-unsaturated/α-hetero) is 1. The van der Waals surface area contributed by atoms with Crippen LogP contribution in [-0.4, -0.2) is 10.8 Å². The predicted molar refractivity (Wildman–Crippen MR) is 119 cm³/mol. The number of fused-ring (bicyclic) bond motifs is 2. The molecule has 2 aromatic heterocycles. The van der Waals surface area contributed by atoms with Crippen LogP contribution in [0.2, 0.25) is 0 Å². The first kappa shape index (κ1) is 19.2. The quantitative estimate of drug-likeness (QED) is 0.306. The molecule has 5 rings (SSSR count). The van der Waals surface area contributed by atoms with Gasteiger partial charge in [0.2, 0.25) is 5.89 Å². The predicted octanol–water partition coefficient (Wildman–Crippen LogP) is 5.51. The van der Waals surface area contributed by atoms with E-state index in [0.29, 0.717) is 32.7 Å². The minimum absolute atomic E-state index is 0.133. The number of ketones is 1. The SMILES string of the molecule is N#CC(C#N)=C1/C(=C/c2nc3sc(-c4ccc(C#N)cc4)cc3o2)C(=O)c2ccccc21. The first-order valence-electron chi connectivity index (χ1n) is 9.44. The van der Waals surface area contributed by atoms with E-state index < -0.39 is 0 Å². The van der Waals surface area contributed by atoms with Crippen molar-refractivity contribution in [3.8, 4) is 28.6 Å². The van der Waals surface area contributed by atoms with Crippen molar-refractivity contribution < 1.29 is 9.21 Å². The lowest BCUT2D eigenvalue weighted by molar-refractivity contribution is 0.104. The molecule has 2 heterocycles. The summed E-state index contributed by atoms with van der Waals surface area (Å²) in [6.07, 6.45) is 1.49. The van der Waals surface area contributed by atoms with E-state index in [9.17, 15) is 15.3 Å². The Kier molecular flexibility index (Phi) is 4.49. The van der Waals surface area contributed by atoms with Crippen molar-refractivity contribution in [3.63, 3.8) is 0 Å². The van der Waals surface area contributed by atoms with Crippen molar-refractivity contribution in [2.75, 3.05) is 0 Å². The van der Waals surface area contributed by atoms with Gasteiger partial charge >= 0.3 is 0 Å². The molecule has 0 saturated heterocycles. The van der Waals surface area contributed by atoms with Gasteiger partial charge in [-0.1, -0.05) is 36.4 Å². The van der Waals surface area contributed by atoms with Crippen LogP contribution in [0.5, 0.6) is 0 Å². The van der Waals surface area contributed by atoms with Crippen LogP contribution in [0.15, 0.2) is 70.2 Å². The van der Waals surface area contributed by atoms with Gasteiger partial charge in [-0.05, 0) is 23.3 Å². The summed E-state index contributed by atoms with van der Waals surface area (Å²) >= 11 is 1.43. The topological polar surface area (TPSA) is 114 Å². The Morgan fingerprint density at radius 3 is 2.38 bits per heavy atom. The summed E-state index contributed by atoms with van der Waals surface area (Å²) in [5.41, 5.74) is 3.47. The second-order valence-corrected chi connectivity index (χ2v) is 7.96. The Labute approximate surface area is 186 Å². The number of oxazole rings is 1. The maximum absolute atomic E-state index is 13.0. The molecule has 0 bridgehead atoms. The molecule has 0 N–H and O–H groups in total. The van der Waals surface area contributed by atoms with Gasteiger partial charge in [0.1, 0.15) is 17.7 Å². The highest BCUT2D eigenvalue weighted by atomic mass is 32.1. The number of carbonyl (C=O) groups excluding carboxylic acids is 1. The van der Waals surface area contributed by atoms with Crippen molar-refractivity contribution in [2.45, 2.75) is 0 Å². The summed E-state index contributed by atoms with van der Waals surface area (Å²) in [6, 6.07) is 21.8. The number of nitrogens with zero attached hydrogens (tertiary/aromatic N) is 4. The minimum Gasteiger partial charge on any atom is -0.436 e. The lowest BCUT2D eigenvalue weighted by Crippen LogP contribution is -1.95. The smallest absolute Gasteiger partial charge is 0.221 e. The summed E-state index contributed by atoms with van der Waals surface area (Å²) in [7, 11) is 0. The highest BCUT2D eigenvalue weighted by Gasteiger charge is 2.32. The van der Waals surface area contributed by atoms with Crippen LogP contribution < -0.4 is 0 Å². The molecule has 148 valence electrons. The number of hydrogen-bond acceptors (Lipinski definition) is 7. The minimum atomic E-state index is -0.279. The first-order chi connectivity index (χ1) is 15.6. The molecule has 4 aromatic rings. The van der Waals surface area contributed by atoms with Crippen LogP contribution in [-0.2, 0) is 0 Å². The van der Waals surface area contributed by atoms with E-state index in [4.69, 9.17) is 9.68 Å². The number of aromatic nitrogens is 1. The molecule has 6 nitrogen and oxygen atoms in total. The van der Waals surface area contributed by atoms with Crippen molar-refractivity contribution in [1.29, 1.82) is 15.8 Å². The van der Waals surface area contributed by atoms with Gasteiger partial charge < -0.3 is 4.42 Å². The zero-order chi connectivity index (χ0) is 22.2. The van der Waals surface area contributed by atoms with E-state index in [2.05, 4.69) is 11.1 Å². The van der Waals surface area contributed by atoms with Crippen molar-refractivity contribution >= 4 is 39.2 Å². The average molecular weight is 430 g/mol. The van der Waals surface area contributed by atoms with E-state index in [1.54, 1.807) is 36.4 Å². The summed E-state index contributed by atoms with van der Waals surface area (Å²) in [5, 5.41) is 27.8. The molecule has 32 heavy (non-hydrogen) atoms. The monoisotopic (exact) mass is 430 g/mol. The Bertz CT molecular complexity index is 1570. The molecule has 0 amide bonds. The van der Waals surface area contributed by atoms with Crippen LogP contribution >= 0.6 is 11.3 Å². The fraction of sp³-hybridized carbons (Fsp3) is 0. The van der Waals surface area contributed by atoms with Gasteiger partial charge in [-0.2, -0.15) is 20.8 Å². The average Bonchev–Trinajstić information content (AvgIpc) is 3.47. The Morgan fingerprint density at radius 1 is 1.00 bits per heavy atom. The van der Waals surface area contributed by atoms with Crippen molar-refractivity contribution in [1.82, 2.24) is 4.98 Å². The molecule has 0 unspecified atom stereocenters. The third-order valence-corrected chi connectivity index (χ3v) is 6.16. The van der Waals surface area contributed by atoms with Gasteiger partial charge in [0, 0.05) is 33.7 Å². The maximum atomic E-state index is 13.0. The maximum Gasteiger partial charge on any atom is 0.221 e. The fourth-order valence-corrected chi connectivity index (χ4v) is 4.60. The Hall–Kier alpha value is -4.77. The molecule has 0 saturated carbocycles. The molecule has 0 fully saturated rings. The molecule has 1 aliphatic rings. The number of hydrogen-bond donors (Lipinski definition) is 0. The van der Waals surface area contributed by atoms with Crippen molar-refractivity contribution in [2.24, 2.45) is 0 Å². The van der Waals surface area contributed by atoms with E-state index in [1.165, 1.54) is 17.4 Å². The summed E-state index contributed by atoms with van der Waals surface area (Å²) in [4.78, 5) is 19.1. The number of carbonyl (C=O) groups is 1. The zero-order valence-corrected chi connectivity index (χ0v) is 17.1. The molecular weight excluding hydrogens is 420 g/mol. The lowest BCUT2D eigenvalue weighted by atomic mass is 9.99. The van der Waals surface area contributed by atoms with E-state index in [-0.39, 0.29) is 22.8 Å². The normalized spacial score (nSPS) is 13.6. The van der Waals surface area contributed by atoms with Crippen LogP contribution in [0.1, 0.15) is 27.4 Å². The van der Waals surface area contributed by atoms with Gasteiger partial charge in [-0.15, -0.1) is 11.3 Å². The summed E-state index contributed by atoms with van der Waals surface area (Å²) < 4.78 is 5.85. The zero-order valence-electron chi connectivity index (χ0n) is 16.3. The fourth-order valence-electron chi connectivity index (χ4n) is 3.63. The van der Waals surface area contributed by atoms with Gasteiger partial charge in [-0.25, -0.2) is 0 Å². The third-order valence-electron chi connectivity index (χ3n) is 5.10. The molecule has 0 atom stereocenters. The molecule has 2 aromatic carbocycles. The van der Waals surface area contributed by atoms with Gasteiger partial charge in [0.05, 0.1) is 11.6 Å². The van der Waals surface area contributed by atoms with Gasteiger partial charge in [0.15, 0.2) is 16.2 Å². The lowest BCUT2D eigenvalue weighted by Gasteiger charge is -2.00. The second kappa shape index (κ2) is 7.49. The van der Waals surface area contributed by atoms with E-state index in [1.807, 2.05) is 30.3 Å². The number of thiophene rings is 1. The second-order valence-electron chi connectivity index (χ2n) is 6.93. The van der Waals surface area contributed by atoms with Crippen LogP contribution in [0, 0.1) is 34.0 Å². The van der Waals surface area contributed by atoms with Gasteiger partial charge in [-0.3, -0.25) is 4.79 Å². The molecular formula is C25H10N4O2S. The Morgan fingerprint density at radius 2 is 1.72 bits per heavy atom. The molecule has 7 heteroatoms. The first-order valence-corrected chi connectivity index (χ1v) is 10.3. The highest BCUT2D eigenvalue weighted by molar-refractivity contribution is 7.21. The number of rotatable bonds is 2. The largest absolute Gasteiger partial charge is 0.436 e. The highest BCUT2D eigenvalue weighted by Crippen LogP contribution is 2.40. The Balaban J connectivity index is 1.58. The van der Waals surface area contributed by atoms with Gasteiger partial charge in [0.25, 0.3) is 0 Å².